The molecule has 0 spiro atoms. The van der Waals surface area contributed by atoms with Gasteiger partial charge in [0.2, 0.25) is 5.91 Å². The fraction of sp³-hybridized carbons (Fsp3) is 0.316. The number of aryl methyl sites for hydroxylation is 1. The lowest BCUT2D eigenvalue weighted by Crippen LogP contribution is -2.31. The Bertz CT molecular complexity index is 822. The number of hydrogen-bond donors (Lipinski definition) is 0. The largest absolute Gasteiger partial charge is 0.343 e. The number of carbonyl (C=O) groups is 1. The van der Waals surface area contributed by atoms with Crippen LogP contribution < -0.4 is 0 Å². The van der Waals surface area contributed by atoms with Crippen molar-refractivity contribution in [1.29, 1.82) is 0 Å². The molecule has 0 aliphatic heterocycles. The highest BCUT2D eigenvalue weighted by Gasteiger charge is 2.15. The molecule has 0 aliphatic rings. The van der Waals surface area contributed by atoms with Crippen LogP contribution in [0.3, 0.4) is 0 Å². The number of nitrogens with zero attached hydrogens (tertiary/aromatic N) is 4. The third-order valence-corrected chi connectivity index (χ3v) is 4.28. The highest BCUT2D eigenvalue weighted by atomic mass is 16.2. The smallest absolute Gasteiger partial charge is 0.224 e. The predicted octanol–water partition coefficient (Wildman–Crippen LogP) is 3.36. The lowest BCUT2D eigenvalue weighted by molar-refractivity contribution is -0.131. The molecule has 124 valence electrons. The zero-order valence-corrected chi connectivity index (χ0v) is 14.1. The van der Waals surface area contributed by atoms with E-state index in [1.807, 2.05) is 49.2 Å². The predicted molar refractivity (Wildman–Crippen MR) is 95.5 cm³/mol. The topological polar surface area (TPSA) is 51.0 Å². The number of fused-ring (bicyclic) bond motifs is 1. The monoisotopic (exact) mass is 322 g/mol. The molecular formula is C19H22N4O. The summed E-state index contributed by atoms with van der Waals surface area (Å²) in [7, 11) is 0. The molecule has 3 aromatic rings. The second-order valence-electron chi connectivity index (χ2n) is 5.66. The molecule has 0 N–H and O–H groups in total. The fourth-order valence-electron chi connectivity index (χ4n) is 3.01. The van der Waals surface area contributed by atoms with Gasteiger partial charge in [0, 0.05) is 55.6 Å². The number of amides is 1. The summed E-state index contributed by atoms with van der Waals surface area (Å²) >= 11 is 0. The molecule has 0 aliphatic carbocycles. The summed E-state index contributed by atoms with van der Waals surface area (Å²) in [5, 5.41) is 1.08. The van der Waals surface area contributed by atoms with E-state index in [-0.39, 0.29) is 5.91 Å². The van der Waals surface area contributed by atoms with E-state index in [1.165, 1.54) is 0 Å². The molecular weight excluding hydrogens is 300 g/mol. The van der Waals surface area contributed by atoms with Crippen LogP contribution in [0, 0.1) is 0 Å². The summed E-state index contributed by atoms with van der Waals surface area (Å²) in [6.07, 6.45) is 5.86. The second kappa shape index (κ2) is 7.25. The molecule has 0 fully saturated rings. The molecule has 0 aromatic carbocycles. The van der Waals surface area contributed by atoms with Crippen molar-refractivity contribution in [1.82, 2.24) is 19.4 Å². The van der Waals surface area contributed by atoms with Gasteiger partial charge in [-0.15, -0.1) is 0 Å². The van der Waals surface area contributed by atoms with Gasteiger partial charge in [0.15, 0.2) is 0 Å². The summed E-state index contributed by atoms with van der Waals surface area (Å²) < 4.78 is 2.12. The lowest BCUT2D eigenvalue weighted by Gasteiger charge is -2.19. The fourth-order valence-corrected chi connectivity index (χ4v) is 3.01. The summed E-state index contributed by atoms with van der Waals surface area (Å²) in [4.78, 5) is 22.9. The van der Waals surface area contributed by atoms with Gasteiger partial charge in [-0.2, -0.15) is 0 Å². The van der Waals surface area contributed by atoms with E-state index >= 15 is 0 Å². The molecule has 3 heterocycles. The molecule has 0 radical (unpaired) electrons. The van der Waals surface area contributed by atoms with Gasteiger partial charge in [-0.3, -0.25) is 9.78 Å². The minimum absolute atomic E-state index is 0.176. The van der Waals surface area contributed by atoms with Crippen LogP contribution >= 0.6 is 0 Å². The Morgan fingerprint density at radius 2 is 1.96 bits per heavy atom. The average molecular weight is 322 g/mol. The molecule has 0 bridgehead atoms. The van der Waals surface area contributed by atoms with Gasteiger partial charge in [-0.1, -0.05) is 0 Å². The van der Waals surface area contributed by atoms with Crippen molar-refractivity contribution < 1.29 is 4.79 Å². The maximum absolute atomic E-state index is 12.4. The van der Waals surface area contributed by atoms with Gasteiger partial charge >= 0.3 is 0 Å². The Morgan fingerprint density at radius 1 is 1.17 bits per heavy atom. The van der Waals surface area contributed by atoms with E-state index in [1.54, 1.807) is 12.4 Å². The average Bonchev–Trinajstić information content (AvgIpc) is 3.00. The van der Waals surface area contributed by atoms with Gasteiger partial charge in [0.25, 0.3) is 0 Å². The van der Waals surface area contributed by atoms with Crippen LogP contribution in [-0.2, 0) is 11.3 Å². The van der Waals surface area contributed by atoms with E-state index < -0.39 is 0 Å². The van der Waals surface area contributed by atoms with Crippen molar-refractivity contribution in [3.8, 4) is 11.3 Å². The third kappa shape index (κ3) is 3.15. The van der Waals surface area contributed by atoms with E-state index in [4.69, 9.17) is 0 Å². The zero-order chi connectivity index (χ0) is 16.9. The van der Waals surface area contributed by atoms with Gasteiger partial charge in [-0.25, -0.2) is 4.98 Å². The van der Waals surface area contributed by atoms with E-state index in [0.717, 1.165) is 35.4 Å². The Morgan fingerprint density at radius 3 is 2.67 bits per heavy atom. The molecule has 0 unspecified atom stereocenters. The Balaban J connectivity index is 1.95. The molecule has 0 saturated carbocycles. The second-order valence-corrected chi connectivity index (χ2v) is 5.66. The first-order valence-corrected chi connectivity index (χ1v) is 8.37. The minimum Gasteiger partial charge on any atom is -0.343 e. The summed E-state index contributed by atoms with van der Waals surface area (Å²) in [5.74, 6) is 0.176. The normalized spacial score (nSPS) is 10.9. The number of carbonyl (C=O) groups excluding carboxylic acids is 1. The van der Waals surface area contributed by atoms with Crippen molar-refractivity contribution in [2.75, 3.05) is 13.1 Å². The highest BCUT2D eigenvalue weighted by molar-refractivity contribution is 5.84. The number of aromatic nitrogens is 3. The van der Waals surface area contributed by atoms with Crippen LogP contribution in [0.15, 0.2) is 48.9 Å². The van der Waals surface area contributed by atoms with Crippen molar-refractivity contribution in [2.24, 2.45) is 0 Å². The molecule has 5 nitrogen and oxygen atoms in total. The van der Waals surface area contributed by atoms with Crippen LogP contribution in [-0.4, -0.2) is 38.4 Å². The quantitative estimate of drug-likeness (QED) is 0.699. The first-order valence-electron chi connectivity index (χ1n) is 8.37. The molecule has 0 atom stereocenters. The Kier molecular flexibility index (Phi) is 4.89. The summed E-state index contributed by atoms with van der Waals surface area (Å²) in [6, 6.07) is 10.0. The Hall–Kier alpha value is -2.69. The van der Waals surface area contributed by atoms with Crippen molar-refractivity contribution >= 4 is 16.9 Å². The van der Waals surface area contributed by atoms with Gasteiger partial charge < -0.3 is 9.47 Å². The van der Waals surface area contributed by atoms with Crippen LogP contribution in [0.4, 0.5) is 0 Å². The van der Waals surface area contributed by atoms with E-state index in [0.29, 0.717) is 13.0 Å². The first-order chi connectivity index (χ1) is 11.7. The van der Waals surface area contributed by atoms with Gasteiger partial charge in [0.1, 0.15) is 5.65 Å². The zero-order valence-electron chi connectivity index (χ0n) is 14.1. The SMILES string of the molecule is CCN(CC)C(=O)CCn1c(-c2cccnc2)cc2cccnc21. The van der Waals surface area contributed by atoms with Crippen molar-refractivity contribution in [2.45, 2.75) is 26.8 Å². The van der Waals surface area contributed by atoms with Crippen molar-refractivity contribution in [3.05, 3.63) is 48.9 Å². The number of hydrogen-bond acceptors (Lipinski definition) is 3. The molecule has 24 heavy (non-hydrogen) atoms. The van der Waals surface area contributed by atoms with Crippen LogP contribution in [0.2, 0.25) is 0 Å². The number of pyridine rings is 2. The maximum Gasteiger partial charge on any atom is 0.224 e. The maximum atomic E-state index is 12.4. The minimum atomic E-state index is 0.176. The van der Waals surface area contributed by atoms with Gasteiger partial charge in [0.05, 0.1) is 5.69 Å². The van der Waals surface area contributed by atoms with E-state index in [2.05, 4.69) is 20.6 Å². The molecule has 0 saturated heterocycles. The van der Waals surface area contributed by atoms with Crippen LogP contribution in [0.25, 0.3) is 22.3 Å². The standard InChI is InChI=1S/C19H22N4O/c1-3-22(4-2)18(24)9-12-23-17(16-8-5-10-20-14-16)13-15-7-6-11-21-19(15)23/h5-8,10-11,13-14H,3-4,9,12H2,1-2H3. The van der Waals surface area contributed by atoms with E-state index in [9.17, 15) is 4.79 Å². The first kappa shape index (κ1) is 16.2. The molecule has 1 amide bonds. The number of rotatable bonds is 6. The Labute approximate surface area is 142 Å². The molecule has 3 aromatic heterocycles. The molecule has 5 heteroatoms. The lowest BCUT2D eigenvalue weighted by atomic mass is 10.2. The van der Waals surface area contributed by atoms with Crippen LogP contribution in [0.5, 0.6) is 0 Å². The summed E-state index contributed by atoms with van der Waals surface area (Å²) in [5.41, 5.74) is 2.98. The van der Waals surface area contributed by atoms with Crippen LogP contribution in [0.1, 0.15) is 20.3 Å². The summed E-state index contributed by atoms with van der Waals surface area (Å²) in [6.45, 7) is 6.12. The third-order valence-electron chi connectivity index (χ3n) is 4.28. The van der Waals surface area contributed by atoms with Crippen molar-refractivity contribution in [3.63, 3.8) is 0 Å². The van der Waals surface area contributed by atoms with Gasteiger partial charge in [-0.05, 0) is 44.2 Å². The molecule has 3 rings (SSSR count). The highest BCUT2D eigenvalue weighted by Crippen LogP contribution is 2.26.